The Morgan fingerprint density at radius 3 is 2.47 bits per heavy atom. The summed E-state index contributed by atoms with van der Waals surface area (Å²) in [6, 6.07) is 7.86. The molecule has 0 spiro atoms. The summed E-state index contributed by atoms with van der Waals surface area (Å²) in [4.78, 5) is 6.83. The first-order valence-corrected chi connectivity index (χ1v) is 6.73. The Bertz CT molecular complexity index is 575. The maximum atomic E-state index is 4.60. The van der Waals surface area contributed by atoms with E-state index in [1.807, 2.05) is 31.3 Å². The molecule has 19 heavy (non-hydrogen) atoms. The maximum Gasteiger partial charge on any atom is 0.245 e. The summed E-state index contributed by atoms with van der Waals surface area (Å²) in [7, 11) is 2.03. The lowest BCUT2D eigenvalue weighted by atomic mass is 9.90. The highest BCUT2D eigenvalue weighted by atomic mass is 15.3. The zero-order chi connectivity index (χ0) is 13.3. The molecule has 100 valence electrons. The van der Waals surface area contributed by atoms with Gasteiger partial charge in [-0.3, -0.25) is 0 Å². The quantitative estimate of drug-likeness (QED) is 0.885. The highest BCUT2D eigenvalue weighted by Crippen LogP contribution is 2.24. The Hall–Kier alpha value is -1.75. The minimum atomic E-state index is 0.237. The van der Waals surface area contributed by atoms with Gasteiger partial charge in [0.15, 0.2) is 0 Å². The predicted molar refractivity (Wildman–Crippen MR) is 76.2 cm³/mol. The minimum absolute atomic E-state index is 0.237. The normalized spacial score (nSPS) is 18.7. The molecule has 2 aromatic rings. The summed E-state index contributed by atoms with van der Waals surface area (Å²) in [5, 5.41) is 11.9. The van der Waals surface area contributed by atoms with E-state index in [0.717, 1.165) is 42.9 Å². The fourth-order valence-corrected chi connectivity index (χ4v) is 2.46. The van der Waals surface area contributed by atoms with Crippen LogP contribution in [0, 0.1) is 0 Å². The van der Waals surface area contributed by atoms with Crippen molar-refractivity contribution in [1.29, 1.82) is 0 Å². The van der Waals surface area contributed by atoms with Crippen molar-refractivity contribution >= 4 is 17.0 Å². The largest absolute Gasteiger partial charge is 0.339 e. The van der Waals surface area contributed by atoms with Crippen LogP contribution in [0.15, 0.2) is 24.3 Å². The van der Waals surface area contributed by atoms with Gasteiger partial charge in [-0.25, -0.2) is 4.98 Å². The second-order valence-corrected chi connectivity index (χ2v) is 5.40. The third-order valence-corrected chi connectivity index (χ3v) is 4.10. The molecule has 5 heteroatoms. The van der Waals surface area contributed by atoms with Crippen molar-refractivity contribution in [1.82, 2.24) is 20.5 Å². The second kappa shape index (κ2) is 4.74. The van der Waals surface area contributed by atoms with Gasteiger partial charge in [0.05, 0.1) is 5.52 Å². The molecule has 0 bridgehead atoms. The molecule has 1 fully saturated rings. The number of piperidine rings is 1. The summed E-state index contributed by atoms with van der Waals surface area (Å²) in [6.45, 7) is 4.21. The Labute approximate surface area is 113 Å². The zero-order valence-corrected chi connectivity index (χ0v) is 11.4. The van der Waals surface area contributed by atoms with Gasteiger partial charge in [-0.1, -0.05) is 12.1 Å². The minimum Gasteiger partial charge on any atom is -0.339 e. The van der Waals surface area contributed by atoms with E-state index < -0.39 is 0 Å². The van der Waals surface area contributed by atoms with Crippen LogP contribution in [0.4, 0.5) is 5.95 Å². The molecular formula is C14H19N5. The van der Waals surface area contributed by atoms with E-state index in [4.69, 9.17) is 0 Å². The zero-order valence-electron chi connectivity index (χ0n) is 11.4. The van der Waals surface area contributed by atoms with Crippen molar-refractivity contribution in [2.24, 2.45) is 0 Å². The average Bonchev–Trinajstić information content (AvgIpc) is 2.47. The molecule has 1 aliphatic heterocycles. The molecule has 1 saturated heterocycles. The Morgan fingerprint density at radius 1 is 1.11 bits per heavy atom. The summed E-state index contributed by atoms with van der Waals surface area (Å²) in [5.74, 6) is 0.747. The number of hydrogen-bond donors (Lipinski definition) is 1. The van der Waals surface area contributed by atoms with E-state index in [1.165, 1.54) is 0 Å². The fraction of sp³-hybridized carbons (Fsp3) is 0.500. The molecule has 0 saturated carbocycles. The van der Waals surface area contributed by atoms with Gasteiger partial charge in [-0.15, -0.1) is 10.2 Å². The van der Waals surface area contributed by atoms with Crippen LogP contribution in [-0.2, 0) is 0 Å². The third kappa shape index (κ3) is 2.38. The van der Waals surface area contributed by atoms with Crippen molar-refractivity contribution in [3.05, 3.63) is 24.3 Å². The Balaban J connectivity index is 1.82. The highest BCUT2D eigenvalue weighted by molar-refractivity contribution is 5.74. The van der Waals surface area contributed by atoms with Gasteiger partial charge in [0.25, 0.3) is 0 Å². The van der Waals surface area contributed by atoms with Crippen LogP contribution in [0.25, 0.3) is 11.0 Å². The summed E-state index contributed by atoms with van der Waals surface area (Å²) in [5.41, 5.74) is 2.00. The van der Waals surface area contributed by atoms with Crippen molar-refractivity contribution in [3.8, 4) is 0 Å². The van der Waals surface area contributed by atoms with Crippen LogP contribution in [0.3, 0.4) is 0 Å². The summed E-state index contributed by atoms with van der Waals surface area (Å²) in [6.07, 6.45) is 2.19. The van der Waals surface area contributed by atoms with Crippen molar-refractivity contribution in [2.75, 3.05) is 25.0 Å². The molecule has 0 amide bonds. The number of fused-ring (bicyclic) bond motifs is 1. The van der Waals surface area contributed by atoms with Gasteiger partial charge in [-0.05, 0) is 38.9 Å². The van der Waals surface area contributed by atoms with E-state index in [1.54, 1.807) is 0 Å². The van der Waals surface area contributed by atoms with E-state index in [2.05, 4.69) is 32.3 Å². The molecule has 1 aromatic heterocycles. The van der Waals surface area contributed by atoms with E-state index in [-0.39, 0.29) is 5.54 Å². The lowest BCUT2D eigenvalue weighted by Crippen LogP contribution is -2.50. The van der Waals surface area contributed by atoms with E-state index in [9.17, 15) is 0 Å². The molecule has 0 radical (unpaired) electrons. The molecule has 5 nitrogen and oxygen atoms in total. The summed E-state index contributed by atoms with van der Waals surface area (Å²) >= 11 is 0. The first kappa shape index (κ1) is 12.3. The number of nitrogens with zero attached hydrogens (tertiary/aromatic N) is 4. The number of anilines is 1. The van der Waals surface area contributed by atoms with Gasteiger partial charge in [-0.2, -0.15) is 0 Å². The molecule has 0 atom stereocenters. The Kier molecular flexibility index (Phi) is 3.06. The standard InChI is InChI=1S/C14H19N5/c1-14(15-2)7-9-19(10-8-14)13-16-11-5-3-4-6-12(11)17-18-13/h3-6,15H,7-10H2,1-2H3. The molecule has 1 aliphatic rings. The van der Waals surface area contributed by atoms with Gasteiger partial charge in [0, 0.05) is 18.6 Å². The number of rotatable bonds is 2. The SMILES string of the molecule is CNC1(C)CCN(c2nnc3ccccc3n2)CC1. The number of nitrogens with one attached hydrogen (secondary N) is 1. The topological polar surface area (TPSA) is 53.9 Å². The van der Waals surface area contributed by atoms with Crippen LogP contribution in [0.1, 0.15) is 19.8 Å². The average molecular weight is 257 g/mol. The fourth-order valence-electron chi connectivity index (χ4n) is 2.46. The van der Waals surface area contributed by atoms with Gasteiger partial charge < -0.3 is 10.2 Å². The molecule has 2 heterocycles. The number of para-hydroxylation sites is 1. The lowest BCUT2D eigenvalue weighted by Gasteiger charge is -2.39. The van der Waals surface area contributed by atoms with Crippen LogP contribution in [-0.4, -0.2) is 40.9 Å². The van der Waals surface area contributed by atoms with Crippen LogP contribution >= 0.6 is 0 Å². The van der Waals surface area contributed by atoms with Crippen molar-refractivity contribution in [3.63, 3.8) is 0 Å². The van der Waals surface area contributed by atoms with Crippen LogP contribution in [0.5, 0.6) is 0 Å². The molecular weight excluding hydrogens is 238 g/mol. The first-order valence-electron chi connectivity index (χ1n) is 6.73. The molecule has 0 unspecified atom stereocenters. The second-order valence-electron chi connectivity index (χ2n) is 5.40. The van der Waals surface area contributed by atoms with Gasteiger partial charge >= 0.3 is 0 Å². The number of hydrogen-bond acceptors (Lipinski definition) is 5. The summed E-state index contributed by atoms with van der Waals surface area (Å²) < 4.78 is 0. The van der Waals surface area contributed by atoms with Gasteiger partial charge in [0.2, 0.25) is 5.95 Å². The van der Waals surface area contributed by atoms with E-state index in [0.29, 0.717) is 0 Å². The highest BCUT2D eigenvalue weighted by Gasteiger charge is 2.29. The number of benzene rings is 1. The van der Waals surface area contributed by atoms with E-state index >= 15 is 0 Å². The van der Waals surface area contributed by atoms with Gasteiger partial charge in [0.1, 0.15) is 5.52 Å². The molecule has 3 rings (SSSR count). The maximum absolute atomic E-state index is 4.60. The van der Waals surface area contributed by atoms with Crippen molar-refractivity contribution in [2.45, 2.75) is 25.3 Å². The molecule has 1 aromatic carbocycles. The van der Waals surface area contributed by atoms with Crippen molar-refractivity contribution < 1.29 is 0 Å². The third-order valence-electron chi connectivity index (χ3n) is 4.10. The molecule has 1 N–H and O–H groups in total. The predicted octanol–water partition coefficient (Wildman–Crippen LogP) is 1.60. The first-order chi connectivity index (χ1) is 9.20. The number of aromatic nitrogens is 3. The lowest BCUT2D eigenvalue weighted by molar-refractivity contribution is 0.303. The monoisotopic (exact) mass is 257 g/mol. The smallest absolute Gasteiger partial charge is 0.245 e. The Morgan fingerprint density at radius 2 is 1.79 bits per heavy atom. The van der Waals surface area contributed by atoms with Crippen LogP contribution < -0.4 is 10.2 Å². The van der Waals surface area contributed by atoms with Crippen LogP contribution in [0.2, 0.25) is 0 Å². The molecule has 0 aliphatic carbocycles.